The number of thiophene rings is 1. The third-order valence-corrected chi connectivity index (χ3v) is 5.95. The molecule has 0 spiro atoms. The van der Waals surface area contributed by atoms with Crippen molar-refractivity contribution in [1.82, 2.24) is 5.32 Å². The second-order valence-corrected chi connectivity index (χ2v) is 7.22. The Morgan fingerprint density at radius 1 is 1.52 bits per heavy atom. The Morgan fingerprint density at radius 2 is 2.29 bits per heavy atom. The van der Waals surface area contributed by atoms with E-state index in [2.05, 4.69) is 23.7 Å². The number of aryl methyl sites for hydroxylation is 1. The van der Waals surface area contributed by atoms with E-state index in [0.29, 0.717) is 25.6 Å². The van der Waals surface area contributed by atoms with E-state index in [9.17, 15) is 9.90 Å². The van der Waals surface area contributed by atoms with Gasteiger partial charge in [0.2, 0.25) is 5.91 Å². The molecule has 1 saturated heterocycles. The summed E-state index contributed by atoms with van der Waals surface area (Å²) in [5.41, 5.74) is 1.04. The van der Waals surface area contributed by atoms with E-state index in [1.165, 1.54) is 10.4 Å². The molecule has 2 atom stereocenters. The quantitative estimate of drug-likeness (QED) is 0.877. The fourth-order valence-electron chi connectivity index (χ4n) is 3.31. The maximum atomic E-state index is 12.5. The molecule has 0 aromatic carbocycles. The predicted octanol–water partition coefficient (Wildman–Crippen LogP) is 2.21. The average Bonchev–Trinajstić information content (AvgIpc) is 3.15. The lowest BCUT2D eigenvalue weighted by Gasteiger charge is -2.37. The van der Waals surface area contributed by atoms with Crippen molar-refractivity contribution in [3.05, 3.63) is 21.9 Å². The summed E-state index contributed by atoms with van der Waals surface area (Å²) in [7, 11) is 0. The van der Waals surface area contributed by atoms with Crippen LogP contribution in [0.15, 0.2) is 11.4 Å². The zero-order chi connectivity index (χ0) is 14.9. The van der Waals surface area contributed by atoms with Gasteiger partial charge in [-0.25, -0.2) is 0 Å². The molecule has 1 aliphatic carbocycles. The summed E-state index contributed by atoms with van der Waals surface area (Å²) in [6.07, 6.45) is 3.18. The number of hydrogen-bond acceptors (Lipinski definition) is 4. The van der Waals surface area contributed by atoms with Crippen LogP contribution < -0.4 is 5.32 Å². The highest BCUT2D eigenvalue weighted by Gasteiger charge is 2.47. The van der Waals surface area contributed by atoms with Crippen molar-refractivity contribution in [2.75, 3.05) is 19.8 Å². The minimum atomic E-state index is -0.262. The molecule has 1 aliphatic heterocycles. The molecule has 1 aromatic heterocycles. The Morgan fingerprint density at radius 3 is 2.90 bits per heavy atom. The molecule has 2 N–H and O–H groups in total. The summed E-state index contributed by atoms with van der Waals surface area (Å²) in [5, 5.41) is 14.6. The second-order valence-electron chi connectivity index (χ2n) is 6.27. The van der Waals surface area contributed by atoms with Gasteiger partial charge in [0.1, 0.15) is 0 Å². The molecular formula is C16H23NO3S. The van der Waals surface area contributed by atoms with Crippen LogP contribution in [-0.4, -0.2) is 36.4 Å². The summed E-state index contributed by atoms with van der Waals surface area (Å²) in [6.45, 7) is 3.56. The number of amides is 1. The van der Waals surface area contributed by atoms with Gasteiger partial charge in [0, 0.05) is 42.1 Å². The van der Waals surface area contributed by atoms with Gasteiger partial charge >= 0.3 is 0 Å². The standard InChI is InChI=1S/C16H23NO3S/c1-11-2-9-21-14(11)12-10-13(12)15(19)17-16(3-6-18)4-7-20-8-5-16/h2,9,12-13,18H,3-8,10H2,1H3,(H,17,19)/t12-,13-/m0/s1. The molecule has 1 saturated carbocycles. The van der Waals surface area contributed by atoms with Crippen LogP contribution in [0.2, 0.25) is 0 Å². The van der Waals surface area contributed by atoms with Gasteiger partial charge in [-0.15, -0.1) is 11.3 Å². The lowest BCUT2D eigenvalue weighted by molar-refractivity contribution is -0.126. The number of hydrogen-bond donors (Lipinski definition) is 2. The second kappa shape index (κ2) is 6.07. The SMILES string of the molecule is Cc1ccsc1[C@H]1C[C@@H]1C(=O)NC1(CCO)CCOCC1. The fourth-order valence-corrected chi connectivity index (χ4v) is 4.41. The summed E-state index contributed by atoms with van der Waals surface area (Å²) in [5.74, 6) is 0.667. The molecule has 3 rings (SSSR count). The van der Waals surface area contributed by atoms with E-state index in [-0.39, 0.29) is 24.0 Å². The molecule has 1 amide bonds. The Kier molecular flexibility index (Phi) is 4.33. The molecule has 0 unspecified atom stereocenters. The van der Waals surface area contributed by atoms with E-state index in [1.54, 1.807) is 11.3 Å². The summed E-state index contributed by atoms with van der Waals surface area (Å²) < 4.78 is 5.39. The predicted molar refractivity (Wildman–Crippen MR) is 82.5 cm³/mol. The molecule has 1 aromatic rings. The monoisotopic (exact) mass is 309 g/mol. The molecule has 0 bridgehead atoms. The number of carbonyl (C=O) groups is 1. The lowest BCUT2D eigenvalue weighted by atomic mass is 9.86. The highest BCUT2D eigenvalue weighted by atomic mass is 32.1. The number of aliphatic hydroxyl groups excluding tert-OH is 1. The zero-order valence-corrected chi connectivity index (χ0v) is 13.2. The summed E-state index contributed by atoms with van der Waals surface area (Å²) >= 11 is 1.76. The van der Waals surface area contributed by atoms with Crippen molar-refractivity contribution in [2.45, 2.75) is 44.1 Å². The largest absolute Gasteiger partial charge is 0.396 e. The van der Waals surface area contributed by atoms with Gasteiger partial charge < -0.3 is 15.2 Å². The Hall–Kier alpha value is -0.910. The van der Waals surface area contributed by atoms with Crippen LogP contribution in [0.3, 0.4) is 0 Å². The van der Waals surface area contributed by atoms with Crippen LogP contribution in [-0.2, 0) is 9.53 Å². The van der Waals surface area contributed by atoms with Gasteiger partial charge in [0.05, 0.1) is 0 Å². The van der Waals surface area contributed by atoms with Crippen LogP contribution >= 0.6 is 11.3 Å². The minimum Gasteiger partial charge on any atom is -0.396 e. The number of aliphatic hydroxyl groups is 1. The smallest absolute Gasteiger partial charge is 0.224 e. The van der Waals surface area contributed by atoms with Crippen LogP contribution in [0.4, 0.5) is 0 Å². The van der Waals surface area contributed by atoms with Gasteiger partial charge in [-0.3, -0.25) is 4.79 Å². The third-order valence-electron chi connectivity index (χ3n) is 4.79. The number of carbonyl (C=O) groups excluding carboxylic acids is 1. The molecule has 4 nitrogen and oxygen atoms in total. The average molecular weight is 309 g/mol. The molecular weight excluding hydrogens is 286 g/mol. The molecule has 5 heteroatoms. The van der Waals surface area contributed by atoms with E-state index in [4.69, 9.17) is 4.74 Å². The molecule has 2 fully saturated rings. The van der Waals surface area contributed by atoms with Crippen LogP contribution in [0, 0.1) is 12.8 Å². The maximum Gasteiger partial charge on any atom is 0.224 e. The Balaban J connectivity index is 1.62. The van der Waals surface area contributed by atoms with Crippen molar-refractivity contribution < 1.29 is 14.6 Å². The number of nitrogens with one attached hydrogen (secondary N) is 1. The van der Waals surface area contributed by atoms with Crippen molar-refractivity contribution >= 4 is 17.2 Å². The highest BCUT2D eigenvalue weighted by molar-refractivity contribution is 7.10. The lowest BCUT2D eigenvalue weighted by Crippen LogP contribution is -2.53. The molecule has 0 radical (unpaired) electrons. The van der Waals surface area contributed by atoms with Crippen molar-refractivity contribution in [3.8, 4) is 0 Å². The van der Waals surface area contributed by atoms with Gasteiger partial charge in [0.15, 0.2) is 0 Å². The molecule has 2 heterocycles. The van der Waals surface area contributed by atoms with E-state index in [1.807, 2.05) is 0 Å². The number of ether oxygens (including phenoxy) is 1. The van der Waals surface area contributed by atoms with Crippen molar-refractivity contribution in [3.63, 3.8) is 0 Å². The highest BCUT2D eigenvalue weighted by Crippen LogP contribution is 2.50. The first-order chi connectivity index (χ1) is 10.2. The summed E-state index contributed by atoms with van der Waals surface area (Å²) in [6, 6.07) is 2.12. The van der Waals surface area contributed by atoms with Gasteiger partial charge in [0.25, 0.3) is 0 Å². The van der Waals surface area contributed by atoms with Crippen molar-refractivity contribution in [1.29, 1.82) is 0 Å². The zero-order valence-electron chi connectivity index (χ0n) is 12.4. The maximum absolute atomic E-state index is 12.5. The Bertz CT molecular complexity index is 502. The van der Waals surface area contributed by atoms with Crippen LogP contribution in [0.25, 0.3) is 0 Å². The molecule has 2 aliphatic rings. The fraction of sp³-hybridized carbons (Fsp3) is 0.688. The first kappa shape index (κ1) is 15.0. The number of rotatable bonds is 5. The van der Waals surface area contributed by atoms with Gasteiger partial charge in [-0.2, -0.15) is 0 Å². The van der Waals surface area contributed by atoms with E-state index in [0.717, 1.165) is 19.3 Å². The van der Waals surface area contributed by atoms with Crippen LogP contribution in [0.5, 0.6) is 0 Å². The van der Waals surface area contributed by atoms with E-state index >= 15 is 0 Å². The van der Waals surface area contributed by atoms with Crippen LogP contribution in [0.1, 0.15) is 42.0 Å². The molecule has 116 valence electrons. The van der Waals surface area contributed by atoms with Crippen molar-refractivity contribution in [2.24, 2.45) is 5.92 Å². The minimum absolute atomic E-state index is 0.110. The first-order valence-electron chi connectivity index (χ1n) is 7.70. The summed E-state index contributed by atoms with van der Waals surface area (Å²) in [4.78, 5) is 13.9. The van der Waals surface area contributed by atoms with E-state index < -0.39 is 0 Å². The Labute approximate surface area is 129 Å². The third kappa shape index (κ3) is 3.15. The first-order valence-corrected chi connectivity index (χ1v) is 8.58. The normalized spacial score (nSPS) is 27.3. The van der Waals surface area contributed by atoms with Gasteiger partial charge in [-0.05, 0) is 49.6 Å². The molecule has 21 heavy (non-hydrogen) atoms. The van der Waals surface area contributed by atoms with Gasteiger partial charge in [-0.1, -0.05) is 0 Å². The topological polar surface area (TPSA) is 58.6 Å².